The molecule has 0 aromatic heterocycles. The second-order valence-corrected chi connectivity index (χ2v) is 7.76. The van der Waals surface area contributed by atoms with Gasteiger partial charge in [-0.05, 0) is 44.5 Å². The number of hydrogen-bond acceptors (Lipinski definition) is 4. The van der Waals surface area contributed by atoms with E-state index < -0.39 is 21.8 Å². The van der Waals surface area contributed by atoms with E-state index in [-0.39, 0.29) is 17.5 Å². The van der Waals surface area contributed by atoms with Crippen molar-refractivity contribution in [3.63, 3.8) is 0 Å². The molecule has 0 amide bonds. The van der Waals surface area contributed by atoms with E-state index in [4.69, 9.17) is 5.11 Å². The Balaban J connectivity index is 2.10. The zero-order valence-electron chi connectivity index (χ0n) is 13.2. The van der Waals surface area contributed by atoms with Crippen LogP contribution in [0, 0.1) is 12.7 Å². The van der Waals surface area contributed by atoms with Crippen molar-refractivity contribution in [3.8, 4) is 0 Å². The fourth-order valence-corrected chi connectivity index (χ4v) is 4.56. The highest BCUT2D eigenvalue weighted by atomic mass is 32.2. The topological polar surface area (TPSA) is 77.9 Å². The second-order valence-electron chi connectivity index (χ2n) is 5.85. The minimum absolute atomic E-state index is 0.00478. The third-order valence-electron chi connectivity index (χ3n) is 4.20. The Labute approximate surface area is 135 Å². The molecule has 128 valence electrons. The maximum Gasteiger partial charge on any atom is 0.317 e. The van der Waals surface area contributed by atoms with Crippen LogP contribution in [0.4, 0.5) is 4.39 Å². The van der Waals surface area contributed by atoms with Gasteiger partial charge in [-0.1, -0.05) is 6.07 Å². The molecule has 1 N–H and O–H groups in total. The molecule has 6 nitrogen and oxygen atoms in total. The van der Waals surface area contributed by atoms with Crippen molar-refractivity contribution in [2.24, 2.45) is 0 Å². The molecule has 1 aromatic carbocycles. The van der Waals surface area contributed by atoms with E-state index in [0.717, 1.165) is 6.07 Å². The SMILES string of the molecule is Cc1ccc(F)cc1S(=O)(=O)N1CCC(N(C)CC(=O)O)CC1. The average molecular weight is 344 g/mol. The summed E-state index contributed by atoms with van der Waals surface area (Å²) in [7, 11) is -2.01. The molecular weight excluding hydrogens is 323 g/mol. The Morgan fingerprint density at radius 1 is 1.39 bits per heavy atom. The number of carboxylic acid groups (broad SMARTS) is 1. The van der Waals surface area contributed by atoms with Gasteiger partial charge in [0.25, 0.3) is 0 Å². The van der Waals surface area contributed by atoms with E-state index in [2.05, 4.69) is 0 Å². The Morgan fingerprint density at radius 2 is 2.00 bits per heavy atom. The van der Waals surface area contributed by atoms with Gasteiger partial charge in [-0.3, -0.25) is 9.69 Å². The predicted octanol–water partition coefficient (Wildman–Crippen LogP) is 1.30. The van der Waals surface area contributed by atoms with Crippen LogP contribution in [0.1, 0.15) is 18.4 Å². The molecule has 0 unspecified atom stereocenters. The van der Waals surface area contributed by atoms with Crippen molar-refractivity contribution in [1.29, 1.82) is 0 Å². The lowest BCUT2D eigenvalue weighted by molar-refractivity contribution is -0.138. The second kappa shape index (κ2) is 6.94. The number of benzene rings is 1. The lowest BCUT2D eigenvalue weighted by atomic mass is 10.1. The number of piperidine rings is 1. The summed E-state index contributed by atoms with van der Waals surface area (Å²) >= 11 is 0. The quantitative estimate of drug-likeness (QED) is 0.871. The smallest absolute Gasteiger partial charge is 0.317 e. The fourth-order valence-electron chi connectivity index (χ4n) is 2.86. The molecule has 1 aliphatic rings. The number of aliphatic carboxylic acids is 1. The number of sulfonamides is 1. The van der Waals surface area contributed by atoms with E-state index in [0.29, 0.717) is 31.5 Å². The van der Waals surface area contributed by atoms with Crippen LogP contribution in [-0.4, -0.2) is 61.4 Å². The number of halogens is 1. The lowest BCUT2D eigenvalue weighted by Crippen LogP contribution is -2.46. The highest BCUT2D eigenvalue weighted by Crippen LogP contribution is 2.25. The van der Waals surface area contributed by atoms with Crippen molar-refractivity contribution in [2.45, 2.75) is 30.7 Å². The molecule has 8 heteroatoms. The molecule has 0 atom stereocenters. The maximum absolute atomic E-state index is 13.4. The van der Waals surface area contributed by atoms with Crippen molar-refractivity contribution in [2.75, 3.05) is 26.7 Å². The van der Waals surface area contributed by atoms with E-state index in [1.807, 2.05) is 0 Å². The molecule has 1 heterocycles. The van der Waals surface area contributed by atoms with Crippen molar-refractivity contribution in [3.05, 3.63) is 29.6 Å². The zero-order chi connectivity index (χ0) is 17.2. The van der Waals surface area contributed by atoms with Gasteiger partial charge in [0.2, 0.25) is 10.0 Å². The van der Waals surface area contributed by atoms with Crippen molar-refractivity contribution >= 4 is 16.0 Å². The van der Waals surface area contributed by atoms with Gasteiger partial charge in [0.1, 0.15) is 5.82 Å². The Bertz CT molecular complexity index is 685. The number of carboxylic acids is 1. The lowest BCUT2D eigenvalue weighted by Gasteiger charge is -2.35. The normalized spacial score (nSPS) is 17.6. The Morgan fingerprint density at radius 3 is 2.57 bits per heavy atom. The van der Waals surface area contributed by atoms with E-state index in [9.17, 15) is 17.6 Å². The van der Waals surface area contributed by atoms with E-state index in [1.54, 1.807) is 18.9 Å². The first-order valence-electron chi connectivity index (χ1n) is 7.40. The van der Waals surface area contributed by atoms with Crippen LogP contribution >= 0.6 is 0 Å². The minimum Gasteiger partial charge on any atom is -0.480 e. The molecule has 1 saturated heterocycles. The highest BCUT2D eigenvalue weighted by molar-refractivity contribution is 7.89. The van der Waals surface area contributed by atoms with Gasteiger partial charge in [-0.25, -0.2) is 12.8 Å². The first-order valence-corrected chi connectivity index (χ1v) is 8.84. The molecule has 0 bridgehead atoms. The van der Waals surface area contributed by atoms with Gasteiger partial charge in [-0.15, -0.1) is 0 Å². The standard InChI is InChI=1S/C15H21FN2O4S/c1-11-3-4-12(16)9-14(11)23(21,22)18-7-5-13(6-8-18)17(2)10-15(19)20/h3-4,9,13H,5-8,10H2,1-2H3,(H,19,20). The van der Waals surface area contributed by atoms with Crippen LogP contribution in [0.25, 0.3) is 0 Å². The van der Waals surface area contributed by atoms with Gasteiger partial charge in [0, 0.05) is 19.1 Å². The predicted molar refractivity (Wildman–Crippen MR) is 83.2 cm³/mol. The van der Waals surface area contributed by atoms with Crippen LogP contribution in [0.5, 0.6) is 0 Å². The molecule has 0 spiro atoms. The molecule has 2 rings (SSSR count). The summed E-state index contributed by atoms with van der Waals surface area (Å²) in [5.41, 5.74) is 0.511. The molecule has 1 aliphatic heterocycles. The number of likely N-dealkylation sites (N-methyl/N-ethyl adjacent to an activating group) is 1. The van der Waals surface area contributed by atoms with Gasteiger partial charge in [-0.2, -0.15) is 4.31 Å². The minimum atomic E-state index is -3.73. The van der Waals surface area contributed by atoms with Gasteiger partial charge >= 0.3 is 5.97 Å². The molecule has 1 fully saturated rings. The van der Waals surface area contributed by atoms with Crippen LogP contribution in [0.15, 0.2) is 23.1 Å². The molecule has 1 aromatic rings. The number of carbonyl (C=O) groups is 1. The number of hydrogen-bond donors (Lipinski definition) is 1. The highest BCUT2D eigenvalue weighted by Gasteiger charge is 2.32. The molecule has 0 aliphatic carbocycles. The zero-order valence-corrected chi connectivity index (χ0v) is 14.0. The van der Waals surface area contributed by atoms with Gasteiger partial charge in [0.15, 0.2) is 0 Å². The summed E-state index contributed by atoms with van der Waals surface area (Å²) in [5, 5.41) is 8.82. The average Bonchev–Trinajstić information content (AvgIpc) is 2.49. The fraction of sp³-hybridized carbons (Fsp3) is 0.533. The third-order valence-corrected chi connectivity index (χ3v) is 6.24. The Kier molecular flexibility index (Phi) is 5.38. The number of rotatable bonds is 5. The molecular formula is C15H21FN2O4S. The molecule has 0 radical (unpaired) electrons. The van der Waals surface area contributed by atoms with Crippen LogP contribution in [-0.2, 0) is 14.8 Å². The van der Waals surface area contributed by atoms with E-state index in [1.165, 1.54) is 16.4 Å². The first kappa shape index (κ1) is 17.8. The summed E-state index contributed by atoms with van der Waals surface area (Å²) < 4.78 is 40.1. The number of nitrogens with zero attached hydrogens (tertiary/aromatic N) is 2. The molecule has 0 saturated carbocycles. The number of aryl methyl sites for hydroxylation is 1. The largest absolute Gasteiger partial charge is 0.480 e. The molecule has 23 heavy (non-hydrogen) atoms. The van der Waals surface area contributed by atoms with Gasteiger partial charge in [0.05, 0.1) is 11.4 Å². The van der Waals surface area contributed by atoms with Crippen molar-refractivity contribution in [1.82, 2.24) is 9.21 Å². The first-order chi connectivity index (χ1) is 10.7. The van der Waals surface area contributed by atoms with Crippen LogP contribution < -0.4 is 0 Å². The van der Waals surface area contributed by atoms with E-state index >= 15 is 0 Å². The van der Waals surface area contributed by atoms with Crippen LogP contribution in [0.2, 0.25) is 0 Å². The van der Waals surface area contributed by atoms with Crippen LogP contribution in [0.3, 0.4) is 0 Å². The monoisotopic (exact) mass is 344 g/mol. The van der Waals surface area contributed by atoms with Gasteiger partial charge < -0.3 is 5.11 Å². The Hall–Kier alpha value is -1.51. The summed E-state index contributed by atoms with van der Waals surface area (Å²) in [4.78, 5) is 12.5. The summed E-state index contributed by atoms with van der Waals surface area (Å²) in [6.07, 6.45) is 1.11. The summed E-state index contributed by atoms with van der Waals surface area (Å²) in [5.74, 6) is -1.48. The summed E-state index contributed by atoms with van der Waals surface area (Å²) in [6.45, 7) is 2.17. The summed E-state index contributed by atoms with van der Waals surface area (Å²) in [6, 6.07) is 3.77. The maximum atomic E-state index is 13.4. The third kappa shape index (κ3) is 4.07. The van der Waals surface area contributed by atoms with Crippen molar-refractivity contribution < 1.29 is 22.7 Å².